The molecule has 138 valence electrons. The predicted molar refractivity (Wildman–Crippen MR) is 100 cm³/mol. The quantitative estimate of drug-likeness (QED) is 0.682. The number of ether oxygens (including phenoxy) is 1. The van der Waals surface area contributed by atoms with Gasteiger partial charge in [0.2, 0.25) is 5.91 Å². The van der Waals surface area contributed by atoms with E-state index in [0.717, 1.165) is 17.5 Å². The average molecular weight is 354 g/mol. The van der Waals surface area contributed by atoms with Gasteiger partial charge in [-0.2, -0.15) is 0 Å². The molecule has 0 fully saturated rings. The molecule has 0 aliphatic heterocycles. The number of hydrogen-bond donors (Lipinski definition) is 0. The fraction of sp³-hybridized carbons (Fsp3) is 0.381. The number of pyridine rings is 1. The van der Waals surface area contributed by atoms with Crippen LogP contribution in [0.3, 0.4) is 0 Å². The molecule has 0 bridgehead atoms. The molecule has 1 atom stereocenters. The van der Waals surface area contributed by atoms with E-state index in [4.69, 9.17) is 4.74 Å². The van der Waals surface area contributed by atoms with E-state index in [0.29, 0.717) is 13.1 Å². The number of rotatable bonds is 8. The van der Waals surface area contributed by atoms with Crippen molar-refractivity contribution in [1.29, 1.82) is 0 Å². The van der Waals surface area contributed by atoms with E-state index in [9.17, 15) is 9.59 Å². The second kappa shape index (κ2) is 9.70. The summed E-state index contributed by atoms with van der Waals surface area (Å²) in [5.41, 5.74) is 3.28. The van der Waals surface area contributed by atoms with Gasteiger partial charge in [-0.15, -0.1) is 0 Å². The van der Waals surface area contributed by atoms with Crippen LogP contribution in [0.15, 0.2) is 48.8 Å². The number of benzene rings is 1. The van der Waals surface area contributed by atoms with Gasteiger partial charge >= 0.3 is 5.97 Å². The van der Waals surface area contributed by atoms with Gasteiger partial charge in [-0.3, -0.25) is 14.6 Å². The first-order chi connectivity index (χ1) is 12.5. The molecule has 2 rings (SSSR count). The molecule has 5 nitrogen and oxygen atoms in total. The number of amides is 1. The number of nitrogens with zero attached hydrogens (tertiary/aromatic N) is 2. The van der Waals surface area contributed by atoms with Gasteiger partial charge in [0.05, 0.1) is 13.5 Å². The first-order valence-corrected chi connectivity index (χ1v) is 8.85. The van der Waals surface area contributed by atoms with Gasteiger partial charge in [0.15, 0.2) is 0 Å². The zero-order chi connectivity index (χ0) is 18.9. The van der Waals surface area contributed by atoms with Gasteiger partial charge in [0.25, 0.3) is 0 Å². The van der Waals surface area contributed by atoms with Crippen molar-refractivity contribution in [1.82, 2.24) is 9.88 Å². The highest BCUT2D eigenvalue weighted by Gasteiger charge is 2.23. The molecule has 0 saturated heterocycles. The highest BCUT2D eigenvalue weighted by Crippen LogP contribution is 2.16. The van der Waals surface area contributed by atoms with Crippen LogP contribution in [0.1, 0.15) is 37.0 Å². The molecule has 2 aromatic rings. The van der Waals surface area contributed by atoms with Crippen molar-refractivity contribution >= 4 is 11.9 Å². The molecule has 1 aromatic carbocycles. The number of esters is 1. The molecule has 0 aliphatic carbocycles. The van der Waals surface area contributed by atoms with E-state index >= 15 is 0 Å². The second-order valence-corrected chi connectivity index (χ2v) is 6.41. The Hall–Kier alpha value is -2.69. The van der Waals surface area contributed by atoms with Crippen molar-refractivity contribution < 1.29 is 14.3 Å². The fourth-order valence-corrected chi connectivity index (χ4v) is 2.76. The monoisotopic (exact) mass is 354 g/mol. The molecule has 1 aromatic heterocycles. The van der Waals surface area contributed by atoms with Gasteiger partial charge in [0.1, 0.15) is 0 Å². The van der Waals surface area contributed by atoms with E-state index in [1.54, 1.807) is 24.2 Å². The number of carbonyl (C=O) groups excluding carboxylic acids is 2. The number of hydrogen-bond acceptors (Lipinski definition) is 4. The summed E-state index contributed by atoms with van der Waals surface area (Å²) in [6.07, 6.45) is 4.52. The third kappa shape index (κ3) is 5.69. The van der Waals surface area contributed by atoms with E-state index in [1.807, 2.05) is 24.3 Å². The Kier molecular flexibility index (Phi) is 7.33. The van der Waals surface area contributed by atoms with Crippen molar-refractivity contribution in [2.75, 3.05) is 7.11 Å². The third-order valence-electron chi connectivity index (χ3n) is 4.33. The molecule has 1 heterocycles. The topological polar surface area (TPSA) is 59.5 Å². The van der Waals surface area contributed by atoms with Crippen LogP contribution in [0.2, 0.25) is 0 Å². The number of aryl methyl sites for hydroxylation is 1. The fourth-order valence-electron chi connectivity index (χ4n) is 2.76. The molecular weight excluding hydrogens is 328 g/mol. The SMILES string of the molecule is CCc1ccc(CN(Cc2cccnc2)C(=O)C(C)CC(=O)OC)cc1. The van der Waals surface area contributed by atoms with E-state index in [-0.39, 0.29) is 18.3 Å². The van der Waals surface area contributed by atoms with E-state index in [1.165, 1.54) is 12.7 Å². The van der Waals surface area contributed by atoms with Crippen molar-refractivity contribution in [2.24, 2.45) is 5.92 Å². The van der Waals surface area contributed by atoms with Crippen LogP contribution in [-0.4, -0.2) is 28.9 Å². The van der Waals surface area contributed by atoms with Crippen LogP contribution >= 0.6 is 0 Å². The molecule has 0 N–H and O–H groups in total. The van der Waals surface area contributed by atoms with Crippen molar-refractivity contribution in [3.8, 4) is 0 Å². The summed E-state index contributed by atoms with van der Waals surface area (Å²) in [6.45, 7) is 4.81. The summed E-state index contributed by atoms with van der Waals surface area (Å²) >= 11 is 0. The molecule has 0 radical (unpaired) electrons. The van der Waals surface area contributed by atoms with Crippen molar-refractivity contribution in [2.45, 2.75) is 39.8 Å². The first-order valence-electron chi connectivity index (χ1n) is 8.85. The minimum absolute atomic E-state index is 0.0705. The van der Waals surface area contributed by atoms with E-state index in [2.05, 4.69) is 24.0 Å². The Morgan fingerprint density at radius 2 is 1.73 bits per heavy atom. The van der Waals surface area contributed by atoms with Crippen molar-refractivity contribution in [3.05, 3.63) is 65.5 Å². The number of aromatic nitrogens is 1. The summed E-state index contributed by atoms with van der Waals surface area (Å²) < 4.78 is 4.69. The Morgan fingerprint density at radius 1 is 1.08 bits per heavy atom. The average Bonchev–Trinajstić information content (AvgIpc) is 2.68. The standard InChI is InChI=1S/C21H26N2O3/c1-4-17-7-9-18(10-8-17)14-23(15-19-6-5-11-22-13-19)21(25)16(2)12-20(24)26-3/h5-11,13,16H,4,12,14-15H2,1-3H3. The maximum atomic E-state index is 12.9. The lowest BCUT2D eigenvalue weighted by Gasteiger charge is -2.26. The molecule has 0 saturated carbocycles. The normalized spacial score (nSPS) is 11.7. The Morgan fingerprint density at radius 3 is 2.31 bits per heavy atom. The van der Waals surface area contributed by atoms with Gasteiger partial charge in [-0.05, 0) is 29.2 Å². The van der Waals surface area contributed by atoms with Gasteiger partial charge in [-0.1, -0.05) is 44.2 Å². The molecule has 5 heteroatoms. The summed E-state index contributed by atoms with van der Waals surface area (Å²) in [5.74, 6) is -0.882. The van der Waals surface area contributed by atoms with Crippen LogP contribution in [0.25, 0.3) is 0 Å². The summed E-state index contributed by atoms with van der Waals surface area (Å²) in [7, 11) is 1.34. The number of carbonyl (C=O) groups is 2. The van der Waals surface area contributed by atoms with Gasteiger partial charge < -0.3 is 9.64 Å². The van der Waals surface area contributed by atoms with Gasteiger partial charge in [0, 0.05) is 31.4 Å². The number of methoxy groups -OCH3 is 1. The summed E-state index contributed by atoms with van der Waals surface area (Å²) in [4.78, 5) is 30.3. The van der Waals surface area contributed by atoms with Crippen LogP contribution in [-0.2, 0) is 33.8 Å². The predicted octanol–water partition coefficient (Wildman–Crippen LogP) is 3.37. The van der Waals surface area contributed by atoms with Crippen LogP contribution in [0, 0.1) is 5.92 Å². The molecule has 0 spiro atoms. The van der Waals surface area contributed by atoms with Crippen LogP contribution in [0.4, 0.5) is 0 Å². The van der Waals surface area contributed by atoms with Crippen molar-refractivity contribution in [3.63, 3.8) is 0 Å². The van der Waals surface area contributed by atoms with Crippen LogP contribution in [0.5, 0.6) is 0 Å². The zero-order valence-corrected chi connectivity index (χ0v) is 15.6. The minimum Gasteiger partial charge on any atom is -0.469 e. The molecule has 1 unspecified atom stereocenters. The van der Waals surface area contributed by atoms with E-state index < -0.39 is 5.92 Å². The second-order valence-electron chi connectivity index (χ2n) is 6.41. The molecule has 0 aliphatic rings. The zero-order valence-electron chi connectivity index (χ0n) is 15.6. The minimum atomic E-state index is -0.436. The smallest absolute Gasteiger partial charge is 0.306 e. The lowest BCUT2D eigenvalue weighted by Crippen LogP contribution is -2.35. The highest BCUT2D eigenvalue weighted by atomic mass is 16.5. The summed E-state index contributed by atoms with van der Waals surface area (Å²) in [6, 6.07) is 12.1. The molecule has 26 heavy (non-hydrogen) atoms. The summed E-state index contributed by atoms with van der Waals surface area (Å²) in [5, 5.41) is 0. The lowest BCUT2D eigenvalue weighted by atomic mass is 10.0. The first kappa shape index (κ1) is 19.6. The maximum Gasteiger partial charge on any atom is 0.306 e. The molecular formula is C21H26N2O3. The highest BCUT2D eigenvalue weighted by molar-refractivity contribution is 5.83. The Labute approximate surface area is 155 Å². The Balaban J connectivity index is 2.16. The van der Waals surface area contributed by atoms with Crippen LogP contribution < -0.4 is 0 Å². The maximum absolute atomic E-state index is 12.9. The third-order valence-corrected chi connectivity index (χ3v) is 4.33. The Bertz CT molecular complexity index is 714. The van der Waals surface area contributed by atoms with Gasteiger partial charge in [-0.25, -0.2) is 0 Å². The molecule has 1 amide bonds. The lowest BCUT2D eigenvalue weighted by molar-refractivity contribution is -0.146. The largest absolute Gasteiger partial charge is 0.469 e.